The van der Waals surface area contributed by atoms with Gasteiger partial charge in [0.1, 0.15) is 0 Å². The Balaban J connectivity index is 2.39. The molecule has 0 spiro atoms. The molecule has 0 heterocycles. The van der Waals surface area contributed by atoms with Crippen molar-refractivity contribution in [3.8, 4) is 0 Å². The topological polar surface area (TPSA) is 29.5 Å². The van der Waals surface area contributed by atoms with E-state index in [0.29, 0.717) is 12.6 Å². The van der Waals surface area contributed by atoms with Gasteiger partial charge in [-0.1, -0.05) is 26.2 Å². The average Bonchev–Trinajstić information content (AvgIpc) is 2.26. The molecule has 0 aromatic heterocycles. The summed E-state index contributed by atoms with van der Waals surface area (Å²) in [5, 5.41) is 0. The molecule has 0 bridgehead atoms. The molecule has 0 N–H and O–H groups in total. The van der Waals surface area contributed by atoms with Gasteiger partial charge in [-0.3, -0.25) is 9.69 Å². The van der Waals surface area contributed by atoms with Crippen LogP contribution < -0.4 is 0 Å². The number of hydrogen-bond acceptors (Lipinski definition) is 3. The second-order valence-electron chi connectivity index (χ2n) is 3.93. The van der Waals surface area contributed by atoms with Gasteiger partial charge in [0, 0.05) is 6.04 Å². The van der Waals surface area contributed by atoms with Crippen LogP contribution in [0.4, 0.5) is 0 Å². The van der Waals surface area contributed by atoms with Crippen molar-refractivity contribution >= 4 is 5.97 Å². The number of nitrogens with zero attached hydrogens (tertiary/aromatic N) is 1. The molecule has 0 saturated heterocycles. The highest BCUT2D eigenvalue weighted by Gasteiger charge is 2.21. The van der Waals surface area contributed by atoms with Crippen LogP contribution in [0.3, 0.4) is 0 Å². The van der Waals surface area contributed by atoms with Gasteiger partial charge >= 0.3 is 5.97 Å². The average molecular weight is 199 g/mol. The summed E-state index contributed by atoms with van der Waals surface area (Å²) in [5.74, 6) is -0.113. The van der Waals surface area contributed by atoms with Crippen molar-refractivity contribution in [1.82, 2.24) is 4.90 Å². The van der Waals surface area contributed by atoms with Gasteiger partial charge < -0.3 is 4.74 Å². The summed E-state index contributed by atoms with van der Waals surface area (Å²) in [4.78, 5) is 13.4. The quantitative estimate of drug-likeness (QED) is 0.647. The molecule has 14 heavy (non-hydrogen) atoms. The molecule has 0 atom stereocenters. The van der Waals surface area contributed by atoms with Crippen LogP contribution >= 0.6 is 0 Å². The third-order valence-corrected chi connectivity index (χ3v) is 3.06. The first kappa shape index (κ1) is 11.5. The van der Waals surface area contributed by atoms with Crippen molar-refractivity contribution in [2.24, 2.45) is 0 Å². The summed E-state index contributed by atoms with van der Waals surface area (Å²) in [5.41, 5.74) is 0. The number of hydrogen-bond donors (Lipinski definition) is 0. The van der Waals surface area contributed by atoms with Crippen LogP contribution in [0.25, 0.3) is 0 Å². The molecular formula is C11H21NO2. The Morgan fingerprint density at radius 2 is 2.00 bits per heavy atom. The molecule has 0 amide bonds. The van der Waals surface area contributed by atoms with Crippen molar-refractivity contribution in [3.05, 3.63) is 0 Å². The lowest BCUT2D eigenvalue weighted by Gasteiger charge is -2.32. The number of ether oxygens (including phenoxy) is 1. The van der Waals surface area contributed by atoms with Crippen LogP contribution in [0, 0.1) is 0 Å². The van der Waals surface area contributed by atoms with E-state index in [2.05, 4.69) is 11.8 Å². The standard InChI is InChI=1S/C11H21NO2/c1-3-12(9-11(13)14-2)10-7-5-4-6-8-10/h10H,3-9H2,1-2H3. The summed E-state index contributed by atoms with van der Waals surface area (Å²) < 4.78 is 4.69. The summed E-state index contributed by atoms with van der Waals surface area (Å²) in [6.07, 6.45) is 6.45. The predicted molar refractivity (Wildman–Crippen MR) is 56.1 cm³/mol. The highest BCUT2D eigenvalue weighted by molar-refractivity contribution is 5.71. The van der Waals surface area contributed by atoms with E-state index in [4.69, 9.17) is 4.74 Å². The van der Waals surface area contributed by atoms with Crippen LogP contribution in [-0.2, 0) is 9.53 Å². The molecule has 0 aliphatic heterocycles. The van der Waals surface area contributed by atoms with E-state index in [1.807, 2.05) is 0 Å². The fourth-order valence-electron chi connectivity index (χ4n) is 2.18. The minimum atomic E-state index is -0.113. The normalized spacial score (nSPS) is 18.5. The van der Waals surface area contributed by atoms with E-state index >= 15 is 0 Å². The first-order valence-electron chi connectivity index (χ1n) is 5.58. The first-order valence-corrected chi connectivity index (χ1v) is 5.58. The molecular weight excluding hydrogens is 178 g/mol. The van der Waals surface area contributed by atoms with E-state index in [1.54, 1.807) is 0 Å². The zero-order valence-corrected chi connectivity index (χ0v) is 9.29. The summed E-state index contributed by atoms with van der Waals surface area (Å²) >= 11 is 0. The van der Waals surface area contributed by atoms with Crippen LogP contribution in [0.2, 0.25) is 0 Å². The lowest BCUT2D eigenvalue weighted by Crippen LogP contribution is -2.40. The molecule has 0 aromatic carbocycles. The van der Waals surface area contributed by atoms with Crippen molar-refractivity contribution in [3.63, 3.8) is 0 Å². The van der Waals surface area contributed by atoms with Crippen molar-refractivity contribution < 1.29 is 9.53 Å². The second-order valence-corrected chi connectivity index (χ2v) is 3.93. The molecule has 3 heteroatoms. The third-order valence-electron chi connectivity index (χ3n) is 3.06. The fourth-order valence-corrected chi connectivity index (χ4v) is 2.18. The van der Waals surface area contributed by atoms with Gasteiger partial charge in [0.2, 0.25) is 0 Å². The van der Waals surface area contributed by atoms with Gasteiger partial charge in [0.15, 0.2) is 0 Å². The Kier molecular flexibility index (Phi) is 4.94. The maximum atomic E-state index is 11.2. The molecule has 1 rings (SSSR count). The van der Waals surface area contributed by atoms with E-state index in [-0.39, 0.29) is 5.97 Å². The molecule has 3 nitrogen and oxygen atoms in total. The summed E-state index contributed by atoms with van der Waals surface area (Å²) in [7, 11) is 1.46. The largest absolute Gasteiger partial charge is 0.468 e. The van der Waals surface area contributed by atoms with E-state index in [0.717, 1.165) is 6.54 Å². The van der Waals surface area contributed by atoms with Crippen LogP contribution in [0.1, 0.15) is 39.0 Å². The molecule has 1 fully saturated rings. The highest BCUT2D eigenvalue weighted by atomic mass is 16.5. The second kappa shape index (κ2) is 6.02. The molecule has 0 aromatic rings. The predicted octanol–water partition coefficient (Wildman–Crippen LogP) is 1.81. The Morgan fingerprint density at radius 1 is 1.36 bits per heavy atom. The Morgan fingerprint density at radius 3 is 2.50 bits per heavy atom. The van der Waals surface area contributed by atoms with Crippen LogP contribution in [0.5, 0.6) is 0 Å². The Bertz CT molecular complexity index is 176. The van der Waals surface area contributed by atoms with Crippen LogP contribution in [0.15, 0.2) is 0 Å². The van der Waals surface area contributed by atoms with Gasteiger partial charge in [-0.25, -0.2) is 0 Å². The van der Waals surface area contributed by atoms with Crippen molar-refractivity contribution in [2.75, 3.05) is 20.2 Å². The fraction of sp³-hybridized carbons (Fsp3) is 0.909. The smallest absolute Gasteiger partial charge is 0.319 e. The van der Waals surface area contributed by atoms with Crippen molar-refractivity contribution in [1.29, 1.82) is 0 Å². The molecule has 0 unspecified atom stereocenters. The molecule has 82 valence electrons. The Hall–Kier alpha value is -0.570. The zero-order chi connectivity index (χ0) is 10.4. The monoisotopic (exact) mass is 199 g/mol. The summed E-state index contributed by atoms with van der Waals surface area (Å²) in [6.45, 7) is 3.51. The number of rotatable bonds is 4. The van der Waals surface area contributed by atoms with Gasteiger partial charge in [-0.05, 0) is 19.4 Å². The van der Waals surface area contributed by atoms with Crippen molar-refractivity contribution in [2.45, 2.75) is 45.1 Å². The van der Waals surface area contributed by atoms with Gasteiger partial charge in [0.05, 0.1) is 13.7 Å². The summed E-state index contributed by atoms with van der Waals surface area (Å²) in [6, 6.07) is 0.604. The number of methoxy groups -OCH3 is 1. The molecule has 1 saturated carbocycles. The maximum Gasteiger partial charge on any atom is 0.319 e. The molecule has 1 aliphatic carbocycles. The molecule has 0 radical (unpaired) electrons. The minimum Gasteiger partial charge on any atom is -0.468 e. The van der Waals surface area contributed by atoms with E-state index in [9.17, 15) is 4.79 Å². The lowest BCUT2D eigenvalue weighted by molar-refractivity contribution is -0.142. The SMILES string of the molecule is CCN(CC(=O)OC)C1CCCCC1. The van der Waals surface area contributed by atoms with Gasteiger partial charge in [-0.2, -0.15) is 0 Å². The highest BCUT2D eigenvalue weighted by Crippen LogP contribution is 2.22. The zero-order valence-electron chi connectivity index (χ0n) is 9.29. The third kappa shape index (κ3) is 3.29. The van der Waals surface area contributed by atoms with E-state index < -0.39 is 0 Å². The Labute approximate surface area is 86.4 Å². The van der Waals surface area contributed by atoms with Gasteiger partial charge in [-0.15, -0.1) is 0 Å². The molecule has 1 aliphatic rings. The maximum absolute atomic E-state index is 11.2. The number of likely N-dealkylation sites (N-methyl/N-ethyl adjacent to an activating group) is 1. The number of carbonyl (C=O) groups is 1. The van der Waals surface area contributed by atoms with E-state index in [1.165, 1.54) is 39.2 Å². The lowest BCUT2D eigenvalue weighted by atomic mass is 9.94. The minimum absolute atomic E-state index is 0.113. The number of carbonyl (C=O) groups excluding carboxylic acids is 1. The first-order chi connectivity index (χ1) is 6.77. The van der Waals surface area contributed by atoms with Crippen LogP contribution in [-0.4, -0.2) is 37.1 Å². The van der Waals surface area contributed by atoms with Gasteiger partial charge in [0.25, 0.3) is 0 Å². The number of esters is 1.